The van der Waals surface area contributed by atoms with E-state index >= 15 is 0 Å². The zero-order chi connectivity index (χ0) is 11.6. The molecule has 88 valence electrons. The van der Waals surface area contributed by atoms with E-state index in [2.05, 4.69) is 17.1 Å². The molecule has 1 rings (SSSR count). The number of hydrogen-bond donors (Lipinski definition) is 0. The van der Waals surface area contributed by atoms with Crippen LogP contribution >= 0.6 is 11.8 Å². The van der Waals surface area contributed by atoms with Crippen LogP contribution in [-0.2, 0) is 11.2 Å². The fourth-order valence-corrected chi connectivity index (χ4v) is 2.19. The molecule has 0 spiro atoms. The molecule has 0 N–H and O–H groups in total. The van der Waals surface area contributed by atoms with Gasteiger partial charge in [0.15, 0.2) is 5.12 Å². The number of aromatic nitrogens is 1. The van der Waals surface area contributed by atoms with E-state index in [0.29, 0.717) is 0 Å². The molecular formula is C13H19NOS. The van der Waals surface area contributed by atoms with Crippen LogP contribution in [0.3, 0.4) is 0 Å². The SMILES string of the molecule is CC(=O)SCCCCCCc1ccncc1. The second kappa shape index (κ2) is 8.34. The molecule has 0 bridgehead atoms. The summed E-state index contributed by atoms with van der Waals surface area (Å²) in [4.78, 5) is 14.7. The Morgan fingerprint density at radius 3 is 2.56 bits per heavy atom. The molecule has 0 radical (unpaired) electrons. The van der Waals surface area contributed by atoms with Crippen LogP contribution in [0.25, 0.3) is 0 Å². The van der Waals surface area contributed by atoms with Crippen molar-refractivity contribution < 1.29 is 4.79 Å². The molecule has 0 amide bonds. The number of nitrogens with zero attached hydrogens (tertiary/aromatic N) is 1. The van der Waals surface area contributed by atoms with Gasteiger partial charge in [0.2, 0.25) is 0 Å². The molecular weight excluding hydrogens is 218 g/mol. The van der Waals surface area contributed by atoms with Gasteiger partial charge in [-0.05, 0) is 37.0 Å². The Bertz CT molecular complexity index is 300. The van der Waals surface area contributed by atoms with Crippen molar-refractivity contribution in [1.82, 2.24) is 4.98 Å². The predicted octanol–water partition coefficient (Wildman–Crippen LogP) is 3.46. The molecule has 2 nitrogen and oxygen atoms in total. The van der Waals surface area contributed by atoms with Gasteiger partial charge in [-0.1, -0.05) is 24.6 Å². The normalized spacial score (nSPS) is 10.3. The first-order valence-electron chi connectivity index (χ1n) is 5.81. The summed E-state index contributed by atoms with van der Waals surface area (Å²) in [5, 5.41) is 0.233. The molecule has 0 aliphatic rings. The highest BCUT2D eigenvalue weighted by Gasteiger charge is 1.95. The number of aryl methyl sites for hydroxylation is 1. The minimum Gasteiger partial charge on any atom is -0.288 e. The minimum absolute atomic E-state index is 0.233. The maximum atomic E-state index is 10.7. The minimum atomic E-state index is 0.233. The van der Waals surface area contributed by atoms with Crippen LogP contribution < -0.4 is 0 Å². The molecule has 0 saturated carbocycles. The van der Waals surface area contributed by atoms with Crippen LogP contribution in [0, 0.1) is 0 Å². The monoisotopic (exact) mass is 237 g/mol. The number of rotatable bonds is 7. The first kappa shape index (κ1) is 13.2. The second-order valence-corrected chi connectivity index (χ2v) is 5.13. The van der Waals surface area contributed by atoms with E-state index in [1.165, 1.54) is 36.6 Å². The average Bonchev–Trinajstić information content (AvgIpc) is 2.29. The van der Waals surface area contributed by atoms with E-state index in [-0.39, 0.29) is 5.12 Å². The second-order valence-electron chi connectivity index (χ2n) is 3.86. The summed E-state index contributed by atoms with van der Waals surface area (Å²) in [6.45, 7) is 1.63. The highest BCUT2D eigenvalue weighted by atomic mass is 32.2. The molecule has 0 aromatic carbocycles. The summed E-state index contributed by atoms with van der Waals surface area (Å²) in [6, 6.07) is 4.15. The van der Waals surface area contributed by atoms with Gasteiger partial charge in [0.05, 0.1) is 0 Å². The van der Waals surface area contributed by atoms with E-state index in [1.807, 2.05) is 12.4 Å². The molecule has 0 atom stereocenters. The zero-order valence-electron chi connectivity index (χ0n) is 9.82. The number of hydrogen-bond acceptors (Lipinski definition) is 3. The summed E-state index contributed by atoms with van der Waals surface area (Å²) < 4.78 is 0. The van der Waals surface area contributed by atoms with Crippen molar-refractivity contribution in [2.45, 2.75) is 39.0 Å². The Labute approximate surface area is 102 Å². The number of carbonyl (C=O) groups is 1. The van der Waals surface area contributed by atoms with Crippen molar-refractivity contribution in [2.75, 3.05) is 5.75 Å². The fraction of sp³-hybridized carbons (Fsp3) is 0.538. The van der Waals surface area contributed by atoms with Gasteiger partial charge >= 0.3 is 0 Å². The number of thioether (sulfide) groups is 1. The van der Waals surface area contributed by atoms with Gasteiger partial charge in [0.1, 0.15) is 0 Å². The topological polar surface area (TPSA) is 30.0 Å². The molecule has 0 aliphatic carbocycles. The van der Waals surface area contributed by atoms with Crippen molar-refractivity contribution in [2.24, 2.45) is 0 Å². The number of unbranched alkanes of at least 4 members (excludes halogenated alkanes) is 3. The highest BCUT2D eigenvalue weighted by Crippen LogP contribution is 2.10. The Kier molecular flexibility index (Phi) is 6.90. The van der Waals surface area contributed by atoms with Gasteiger partial charge in [-0.25, -0.2) is 0 Å². The largest absolute Gasteiger partial charge is 0.288 e. The molecule has 3 heteroatoms. The lowest BCUT2D eigenvalue weighted by molar-refractivity contribution is -0.109. The van der Waals surface area contributed by atoms with Crippen LogP contribution in [0.15, 0.2) is 24.5 Å². The molecule has 0 unspecified atom stereocenters. The van der Waals surface area contributed by atoms with E-state index in [9.17, 15) is 4.79 Å². The van der Waals surface area contributed by atoms with E-state index in [1.54, 1.807) is 6.92 Å². The third-order valence-corrected chi connectivity index (χ3v) is 3.31. The summed E-state index contributed by atoms with van der Waals surface area (Å²) in [5.74, 6) is 0.977. The van der Waals surface area contributed by atoms with Gasteiger partial charge in [0.25, 0.3) is 0 Å². The zero-order valence-corrected chi connectivity index (χ0v) is 10.6. The van der Waals surface area contributed by atoms with Crippen molar-refractivity contribution >= 4 is 16.9 Å². The number of pyridine rings is 1. The Hall–Kier alpha value is -0.830. The molecule has 0 fully saturated rings. The molecule has 1 aromatic rings. The van der Waals surface area contributed by atoms with E-state index in [4.69, 9.17) is 0 Å². The highest BCUT2D eigenvalue weighted by molar-refractivity contribution is 8.13. The van der Waals surface area contributed by atoms with Crippen molar-refractivity contribution in [3.8, 4) is 0 Å². The van der Waals surface area contributed by atoms with Crippen molar-refractivity contribution in [3.05, 3.63) is 30.1 Å². The summed E-state index contributed by atoms with van der Waals surface area (Å²) in [5.41, 5.74) is 1.37. The average molecular weight is 237 g/mol. The maximum Gasteiger partial charge on any atom is 0.185 e. The third-order valence-electron chi connectivity index (χ3n) is 2.41. The Balaban J connectivity index is 1.94. The van der Waals surface area contributed by atoms with Crippen LogP contribution in [0.5, 0.6) is 0 Å². The van der Waals surface area contributed by atoms with Crippen molar-refractivity contribution in [3.63, 3.8) is 0 Å². The van der Waals surface area contributed by atoms with Gasteiger partial charge in [-0.2, -0.15) is 0 Å². The Morgan fingerprint density at radius 1 is 1.19 bits per heavy atom. The fourth-order valence-electron chi connectivity index (χ4n) is 1.55. The molecule has 1 heterocycles. The molecule has 0 aliphatic heterocycles. The number of carbonyl (C=O) groups excluding carboxylic acids is 1. The van der Waals surface area contributed by atoms with Gasteiger partial charge in [0, 0.05) is 25.1 Å². The molecule has 1 aromatic heterocycles. The molecule has 16 heavy (non-hydrogen) atoms. The maximum absolute atomic E-state index is 10.7. The standard InChI is InChI=1S/C13H19NOS/c1-12(15)16-11-5-3-2-4-6-13-7-9-14-10-8-13/h7-10H,2-6,11H2,1H3. The van der Waals surface area contributed by atoms with Crippen LogP contribution in [0.2, 0.25) is 0 Å². The van der Waals surface area contributed by atoms with Crippen molar-refractivity contribution in [1.29, 1.82) is 0 Å². The van der Waals surface area contributed by atoms with Gasteiger partial charge in [-0.3, -0.25) is 9.78 Å². The Morgan fingerprint density at radius 2 is 1.88 bits per heavy atom. The van der Waals surface area contributed by atoms with E-state index in [0.717, 1.165) is 18.6 Å². The van der Waals surface area contributed by atoms with Gasteiger partial charge < -0.3 is 0 Å². The first-order chi connectivity index (χ1) is 7.79. The lowest BCUT2D eigenvalue weighted by Gasteiger charge is -2.01. The summed E-state index contributed by atoms with van der Waals surface area (Å²) in [7, 11) is 0. The van der Waals surface area contributed by atoms with E-state index < -0.39 is 0 Å². The predicted molar refractivity (Wildman–Crippen MR) is 69.5 cm³/mol. The molecule has 0 saturated heterocycles. The summed E-state index contributed by atoms with van der Waals surface area (Å²) >= 11 is 1.44. The van der Waals surface area contributed by atoms with Crippen LogP contribution in [0.1, 0.15) is 38.2 Å². The first-order valence-corrected chi connectivity index (χ1v) is 6.80. The quantitative estimate of drug-likeness (QED) is 0.680. The third kappa shape index (κ3) is 6.62. The van der Waals surface area contributed by atoms with Gasteiger partial charge in [-0.15, -0.1) is 0 Å². The van der Waals surface area contributed by atoms with Crippen LogP contribution in [0.4, 0.5) is 0 Å². The lowest BCUT2D eigenvalue weighted by atomic mass is 10.1. The summed E-state index contributed by atoms with van der Waals surface area (Å²) in [6.07, 6.45) is 9.70. The van der Waals surface area contributed by atoms with Crippen LogP contribution in [-0.4, -0.2) is 15.9 Å². The smallest absolute Gasteiger partial charge is 0.185 e. The lowest BCUT2D eigenvalue weighted by Crippen LogP contribution is -1.89.